The third-order valence-corrected chi connectivity index (χ3v) is 2.97. The van der Waals surface area contributed by atoms with Gasteiger partial charge >= 0.3 is 0 Å². The zero-order valence-electron chi connectivity index (χ0n) is 9.06. The van der Waals surface area contributed by atoms with Crippen LogP contribution in [0.3, 0.4) is 0 Å². The molecule has 0 spiro atoms. The van der Waals surface area contributed by atoms with Crippen molar-refractivity contribution in [3.63, 3.8) is 0 Å². The van der Waals surface area contributed by atoms with Crippen LogP contribution in [-0.2, 0) is 4.74 Å². The third-order valence-electron chi connectivity index (χ3n) is 1.90. The molecule has 0 aromatic heterocycles. The molecule has 0 N–H and O–H groups in total. The molecule has 86 valence electrons. The normalized spacial score (nSPS) is 9.62. The molecule has 1 rings (SSSR count). The van der Waals surface area contributed by atoms with Crippen molar-refractivity contribution in [3.8, 4) is 5.75 Å². The second kappa shape index (κ2) is 6.50. The van der Waals surface area contributed by atoms with E-state index in [1.807, 2.05) is 0 Å². The molecule has 3 nitrogen and oxygen atoms in total. The van der Waals surface area contributed by atoms with Crippen molar-refractivity contribution in [1.29, 1.82) is 0 Å². The van der Waals surface area contributed by atoms with Crippen LogP contribution in [0.5, 0.6) is 5.75 Å². The molecule has 0 aliphatic carbocycles. The number of hydrogen-bond donors (Lipinski definition) is 0. The van der Waals surface area contributed by atoms with Crippen molar-refractivity contribution in [3.05, 3.63) is 29.8 Å². The fraction of sp³-hybridized carbons (Fsp3) is 0.273. The summed E-state index contributed by atoms with van der Waals surface area (Å²) in [6, 6.07) is 6.87. The Balaban J connectivity index is 2.56. The molecule has 0 fully saturated rings. The summed E-state index contributed by atoms with van der Waals surface area (Å²) in [6.07, 6.45) is 1.81. The average Bonchev–Trinajstić information content (AvgIpc) is 2.35. The van der Waals surface area contributed by atoms with Crippen molar-refractivity contribution in [2.75, 3.05) is 20.0 Å². The molecule has 0 atom stereocenters. The standard InChI is InChI=1S/C11H12O3S2/c1-13-9-5-3-8(4-6-9)10(12)7-14-11(15)16-2/h3-6H,7H2,1-2H3. The average molecular weight is 256 g/mol. The molecule has 0 saturated carbocycles. The molecule has 5 heteroatoms. The molecule has 16 heavy (non-hydrogen) atoms. The highest BCUT2D eigenvalue weighted by molar-refractivity contribution is 8.22. The first-order valence-electron chi connectivity index (χ1n) is 4.55. The van der Waals surface area contributed by atoms with Gasteiger partial charge < -0.3 is 9.47 Å². The summed E-state index contributed by atoms with van der Waals surface area (Å²) in [7, 11) is 1.58. The number of ether oxygens (including phenoxy) is 2. The number of hydrogen-bond acceptors (Lipinski definition) is 5. The van der Waals surface area contributed by atoms with Crippen LogP contribution in [0.1, 0.15) is 10.4 Å². The van der Waals surface area contributed by atoms with E-state index in [0.717, 1.165) is 5.75 Å². The van der Waals surface area contributed by atoms with Gasteiger partial charge in [-0.2, -0.15) is 0 Å². The second-order valence-electron chi connectivity index (χ2n) is 2.89. The molecule has 0 amide bonds. The Morgan fingerprint density at radius 1 is 1.38 bits per heavy atom. The second-order valence-corrected chi connectivity index (χ2v) is 4.30. The first-order chi connectivity index (χ1) is 7.67. The molecular weight excluding hydrogens is 244 g/mol. The number of ketones is 1. The molecule has 1 aromatic carbocycles. The first-order valence-corrected chi connectivity index (χ1v) is 6.18. The van der Waals surface area contributed by atoms with Crippen molar-refractivity contribution >= 4 is 34.1 Å². The number of benzene rings is 1. The Kier molecular flexibility index (Phi) is 5.28. The lowest BCUT2D eigenvalue weighted by Crippen LogP contribution is -2.10. The summed E-state index contributed by atoms with van der Waals surface area (Å²) in [6.45, 7) is -0.0218. The maximum Gasteiger partial charge on any atom is 0.220 e. The summed E-state index contributed by atoms with van der Waals surface area (Å²) in [5.74, 6) is 0.621. The van der Waals surface area contributed by atoms with Crippen LogP contribution in [0.4, 0.5) is 0 Å². The van der Waals surface area contributed by atoms with E-state index in [-0.39, 0.29) is 12.4 Å². The SMILES string of the molecule is COc1ccc(C(=O)COC(=S)SC)cc1. The van der Waals surface area contributed by atoms with E-state index < -0.39 is 0 Å². The van der Waals surface area contributed by atoms with Gasteiger partial charge in [0.25, 0.3) is 0 Å². The van der Waals surface area contributed by atoms with Gasteiger partial charge in [-0.1, -0.05) is 11.8 Å². The summed E-state index contributed by atoms with van der Waals surface area (Å²) < 4.78 is 10.5. The number of thiocarbonyl (C=S) groups is 1. The molecule has 0 saturated heterocycles. The van der Waals surface area contributed by atoms with Crippen LogP contribution in [-0.4, -0.2) is 30.1 Å². The summed E-state index contributed by atoms with van der Waals surface area (Å²) >= 11 is 6.14. The number of carbonyl (C=O) groups excluding carboxylic acids is 1. The van der Waals surface area contributed by atoms with E-state index in [1.54, 1.807) is 37.6 Å². The Morgan fingerprint density at radius 2 is 2.00 bits per heavy atom. The highest BCUT2D eigenvalue weighted by Gasteiger charge is 2.07. The van der Waals surface area contributed by atoms with E-state index >= 15 is 0 Å². The van der Waals surface area contributed by atoms with E-state index in [0.29, 0.717) is 9.95 Å². The van der Waals surface area contributed by atoms with Gasteiger partial charge in [0, 0.05) is 5.56 Å². The van der Waals surface area contributed by atoms with Gasteiger partial charge in [-0.3, -0.25) is 4.79 Å². The first kappa shape index (κ1) is 13.0. The minimum absolute atomic E-state index is 0.0218. The number of rotatable bonds is 4. The lowest BCUT2D eigenvalue weighted by atomic mass is 10.1. The number of methoxy groups -OCH3 is 1. The number of Topliss-reactive ketones (excluding diaryl/α,β-unsaturated/α-hetero) is 1. The minimum Gasteiger partial charge on any atom is -0.497 e. The smallest absolute Gasteiger partial charge is 0.220 e. The topological polar surface area (TPSA) is 35.5 Å². The summed E-state index contributed by atoms with van der Waals surface area (Å²) in [4.78, 5) is 11.6. The molecule has 0 radical (unpaired) electrons. The predicted octanol–water partition coefficient (Wildman–Crippen LogP) is 2.54. The van der Waals surface area contributed by atoms with E-state index in [9.17, 15) is 4.79 Å². The van der Waals surface area contributed by atoms with Crippen molar-refractivity contribution in [2.24, 2.45) is 0 Å². The summed E-state index contributed by atoms with van der Waals surface area (Å²) in [5, 5.41) is 0. The van der Waals surface area contributed by atoms with Gasteiger partial charge in [-0.25, -0.2) is 0 Å². The van der Waals surface area contributed by atoms with Crippen LogP contribution >= 0.6 is 24.0 Å². The molecular formula is C11H12O3S2. The van der Waals surface area contributed by atoms with E-state index in [1.165, 1.54) is 11.8 Å². The fourth-order valence-electron chi connectivity index (χ4n) is 1.04. The monoisotopic (exact) mass is 256 g/mol. The van der Waals surface area contributed by atoms with Crippen LogP contribution in [0, 0.1) is 0 Å². The van der Waals surface area contributed by atoms with Crippen LogP contribution in [0.2, 0.25) is 0 Å². The maximum atomic E-state index is 11.6. The number of thioether (sulfide) groups is 1. The highest BCUT2D eigenvalue weighted by Crippen LogP contribution is 2.12. The Labute approximate surface area is 104 Å². The lowest BCUT2D eigenvalue weighted by molar-refractivity contribution is 0.0919. The van der Waals surface area contributed by atoms with Gasteiger partial charge in [0.2, 0.25) is 4.38 Å². The van der Waals surface area contributed by atoms with Crippen molar-refractivity contribution in [1.82, 2.24) is 0 Å². The summed E-state index contributed by atoms with van der Waals surface area (Å²) in [5.41, 5.74) is 0.588. The molecule has 1 aromatic rings. The molecule has 0 aliphatic heterocycles. The fourth-order valence-corrected chi connectivity index (χ4v) is 1.28. The third kappa shape index (κ3) is 3.83. The molecule has 0 unspecified atom stereocenters. The minimum atomic E-state index is -0.0981. The predicted molar refractivity (Wildman–Crippen MR) is 69.4 cm³/mol. The zero-order chi connectivity index (χ0) is 12.0. The van der Waals surface area contributed by atoms with Gasteiger partial charge in [0.1, 0.15) is 5.75 Å². The maximum absolute atomic E-state index is 11.6. The van der Waals surface area contributed by atoms with Gasteiger partial charge in [-0.15, -0.1) is 0 Å². The highest BCUT2D eigenvalue weighted by atomic mass is 32.2. The Bertz CT molecular complexity index is 373. The van der Waals surface area contributed by atoms with E-state index in [2.05, 4.69) is 0 Å². The van der Waals surface area contributed by atoms with Crippen molar-refractivity contribution in [2.45, 2.75) is 0 Å². The van der Waals surface area contributed by atoms with Crippen LogP contribution < -0.4 is 4.74 Å². The number of carbonyl (C=O) groups is 1. The lowest BCUT2D eigenvalue weighted by Gasteiger charge is -2.05. The van der Waals surface area contributed by atoms with Crippen molar-refractivity contribution < 1.29 is 14.3 Å². The quantitative estimate of drug-likeness (QED) is 0.611. The van der Waals surface area contributed by atoms with Gasteiger partial charge in [0.05, 0.1) is 7.11 Å². The van der Waals surface area contributed by atoms with Crippen LogP contribution in [0.25, 0.3) is 0 Å². The van der Waals surface area contributed by atoms with Gasteiger partial charge in [0.15, 0.2) is 12.4 Å². The van der Waals surface area contributed by atoms with Gasteiger partial charge in [-0.05, 0) is 42.7 Å². The molecule has 0 heterocycles. The molecule has 0 aliphatic rings. The Morgan fingerprint density at radius 3 is 2.50 bits per heavy atom. The van der Waals surface area contributed by atoms with Crippen LogP contribution in [0.15, 0.2) is 24.3 Å². The zero-order valence-corrected chi connectivity index (χ0v) is 10.7. The largest absolute Gasteiger partial charge is 0.497 e. The molecule has 0 bridgehead atoms. The van der Waals surface area contributed by atoms with E-state index in [4.69, 9.17) is 21.7 Å². The Hall–Kier alpha value is -1.07.